The molecule has 1 N–H and O–H groups in total. The molecule has 1 atom stereocenters. The molecule has 1 aromatic carbocycles. The zero-order valence-corrected chi connectivity index (χ0v) is 13.3. The van der Waals surface area contributed by atoms with Gasteiger partial charge in [-0.1, -0.05) is 0 Å². The van der Waals surface area contributed by atoms with Gasteiger partial charge in [-0.05, 0) is 37.1 Å². The summed E-state index contributed by atoms with van der Waals surface area (Å²) in [4.78, 5) is 27.7. The SMILES string of the molecule is COc1ccc(NC(=O)C2CCCN(C(=O)N(C)C)C2)cc1. The van der Waals surface area contributed by atoms with Gasteiger partial charge in [-0.2, -0.15) is 0 Å². The fourth-order valence-corrected chi connectivity index (χ4v) is 2.57. The molecule has 0 saturated carbocycles. The number of carbonyl (C=O) groups is 2. The van der Waals surface area contributed by atoms with Gasteiger partial charge < -0.3 is 19.9 Å². The highest BCUT2D eigenvalue weighted by molar-refractivity contribution is 5.93. The van der Waals surface area contributed by atoms with Crippen LogP contribution in [0.25, 0.3) is 0 Å². The number of ether oxygens (including phenoxy) is 1. The highest BCUT2D eigenvalue weighted by Gasteiger charge is 2.29. The van der Waals surface area contributed by atoms with Gasteiger partial charge in [0.05, 0.1) is 13.0 Å². The van der Waals surface area contributed by atoms with Gasteiger partial charge in [-0.25, -0.2) is 4.79 Å². The molecule has 1 saturated heterocycles. The molecule has 0 bridgehead atoms. The molecule has 22 heavy (non-hydrogen) atoms. The first-order valence-corrected chi connectivity index (χ1v) is 7.42. The molecule has 120 valence electrons. The van der Waals surface area contributed by atoms with Gasteiger partial charge in [0.25, 0.3) is 0 Å². The number of hydrogen-bond donors (Lipinski definition) is 1. The molecule has 1 fully saturated rings. The van der Waals surface area contributed by atoms with Gasteiger partial charge in [-0.15, -0.1) is 0 Å². The zero-order chi connectivity index (χ0) is 16.1. The number of rotatable bonds is 3. The summed E-state index contributed by atoms with van der Waals surface area (Å²) in [7, 11) is 5.05. The van der Waals surface area contributed by atoms with Crippen molar-refractivity contribution in [3.8, 4) is 5.75 Å². The van der Waals surface area contributed by atoms with Crippen LogP contribution >= 0.6 is 0 Å². The molecule has 1 unspecified atom stereocenters. The van der Waals surface area contributed by atoms with Crippen LogP contribution in [0.15, 0.2) is 24.3 Å². The second kappa shape index (κ2) is 7.15. The number of nitrogens with zero attached hydrogens (tertiary/aromatic N) is 2. The van der Waals surface area contributed by atoms with Crippen LogP contribution in [0.3, 0.4) is 0 Å². The van der Waals surface area contributed by atoms with Crippen molar-refractivity contribution in [3.63, 3.8) is 0 Å². The molecule has 0 spiro atoms. The first kappa shape index (κ1) is 16.1. The van der Waals surface area contributed by atoms with E-state index in [2.05, 4.69) is 5.32 Å². The first-order valence-electron chi connectivity index (χ1n) is 7.42. The molecule has 2 rings (SSSR count). The average molecular weight is 305 g/mol. The molecule has 6 heteroatoms. The Morgan fingerprint density at radius 2 is 1.95 bits per heavy atom. The molecule has 0 aromatic heterocycles. The second-order valence-electron chi connectivity index (χ2n) is 5.68. The van der Waals surface area contributed by atoms with Crippen molar-refractivity contribution < 1.29 is 14.3 Å². The third-order valence-electron chi connectivity index (χ3n) is 3.80. The van der Waals surface area contributed by atoms with Crippen molar-refractivity contribution >= 4 is 17.6 Å². The van der Waals surface area contributed by atoms with Gasteiger partial charge in [0.2, 0.25) is 5.91 Å². The number of amides is 3. The van der Waals surface area contributed by atoms with E-state index >= 15 is 0 Å². The number of carbonyl (C=O) groups excluding carboxylic acids is 2. The van der Waals surface area contributed by atoms with Crippen molar-refractivity contribution in [1.29, 1.82) is 0 Å². The summed E-state index contributed by atoms with van der Waals surface area (Å²) in [6.07, 6.45) is 1.65. The van der Waals surface area contributed by atoms with Crippen LogP contribution in [0.4, 0.5) is 10.5 Å². The van der Waals surface area contributed by atoms with Gasteiger partial charge >= 0.3 is 6.03 Å². The predicted octanol–water partition coefficient (Wildman–Crippen LogP) is 2.03. The first-order chi connectivity index (χ1) is 10.5. The minimum absolute atomic E-state index is 0.0399. The van der Waals surface area contributed by atoms with E-state index in [9.17, 15) is 9.59 Å². The average Bonchev–Trinajstić information content (AvgIpc) is 2.54. The number of nitrogens with one attached hydrogen (secondary N) is 1. The van der Waals surface area contributed by atoms with Crippen molar-refractivity contribution in [3.05, 3.63) is 24.3 Å². The zero-order valence-electron chi connectivity index (χ0n) is 13.3. The Bertz CT molecular complexity index is 528. The van der Waals surface area contributed by atoms with Crippen LogP contribution in [0.2, 0.25) is 0 Å². The van der Waals surface area contributed by atoms with E-state index in [1.54, 1.807) is 43.1 Å². The van der Waals surface area contributed by atoms with E-state index < -0.39 is 0 Å². The van der Waals surface area contributed by atoms with Crippen molar-refractivity contribution in [2.75, 3.05) is 39.6 Å². The molecule has 3 amide bonds. The predicted molar refractivity (Wildman–Crippen MR) is 85.0 cm³/mol. The quantitative estimate of drug-likeness (QED) is 0.929. The topological polar surface area (TPSA) is 61.9 Å². The van der Waals surface area contributed by atoms with Crippen LogP contribution in [-0.4, -0.2) is 56.0 Å². The lowest BCUT2D eigenvalue weighted by molar-refractivity contribution is -0.121. The standard InChI is InChI=1S/C16H23N3O3/c1-18(2)16(21)19-10-4-5-12(11-19)15(20)17-13-6-8-14(22-3)9-7-13/h6-9,12H,4-5,10-11H2,1-3H3,(H,17,20). The molecule has 1 aliphatic rings. The van der Waals surface area contributed by atoms with E-state index in [1.807, 2.05) is 12.1 Å². The maximum absolute atomic E-state index is 12.4. The van der Waals surface area contributed by atoms with Crippen molar-refractivity contribution in [1.82, 2.24) is 9.80 Å². The van der Waals surface area contributed by atoms with Crippen LogP contribution < -0.4 is 10.1 Å². The van der Waals surface area contributed by atoms with Crippen molar-refractivity contribution in [2.24, 2.45) is 5.92 Å². The summed E-state index contributed by atoms with van der Waals surface area (Å²) in [5.74, 6) is 0.541. The number of anilines is 1. The Balaban J connectivity index is 1.95. The van der Waals surface area contributed by atoms with Gasteiger partial charge in [0, 0.05) is 32.9 Å². The van der Waals surface area contributed by atoms with Crippen LogP contribution in [0.1, 0.15) is 12.8 Å². The minimum Gasteiger partial charge on any atom is -0.497 e. The van der Waals surface area contributed by atoms with Crippen LogP contribution in [-0.2, 0) is 4.79 Å². The third kappa shape index (κ3) is 3.90. The fourth-order valence-electron chi connectivity index (χ4n) is 2.57. The van der Waals surface area contributed by atoms with Gasteiger partial charge in [0.15, 0.2) is 0 Å². The highest BCUT2D eigenvalue weighted by atomic mass is 16.5. The summed E-state index contributed by atoms with van der Waals surface area (Å²) >= 11 is 0. The molecular weight excluding hydrogens is 282 g/mol. The molecule has 1 heterocycles. The molecule has 6 nitrogen and oxygen atoms in total. The summed E-state index contributed by atoms with van der Waals surface area (Å²) in [5, 5.41) is 2.91. The Morgan fingerprint density at radius 1 is 1.27 bits per heavy atom. The number of benzene rings is 1. The van der Waals surface area contributed by atoms with E-state index in [0.29, 0.717) is 13.1 Å². The molecular formula is C16H23N3O3. The van der Waals surface area contributed by atoms with Gasteiger partial charge in [-0.3, -0.25) is 4.79 Å². The Kier molecular flexibility index (Phi) is 5.25. The molecule has 0 radical (unpaired) electrons. The summed E-state index contributed by atoms with van der Waals surface area (Å²) in [5.41, 5.74) is 0.738. The Labute approximate surface area is 131 Å². The molecule has 1 aliphatic heterocycles. The second-order valence-corrected chi connectivity index (χ2v) is 5.68. The monoisotopic (exact) mass is 305 g/mol. The largest absolute Gasteiger partial charge is 0.497 e. The van der Waals surface area contributed by atoms with Crippen molar-refractivity contribution in [2.45, 2.75) is 12.8 Å². The number of urea groups is 1. The smallest absolute Gasteiger partial charge is 0.319 e. The molecule has 1 aromatic rings. The minimum atomic E-state index is -0.167. The lowest BCUT2D eigenvalue weighted by atomic mass is 9.97. The summed E-state index contributed by atoms with van der Waals surface area (Å²) < 4.78 is 5.09. The lowest BCUT2D eigenvalue weighted by Gasteiger charge is -2.33. The third-order valence-corrected chi connectivity index (χ3v) is 3.80. The number of likely N-dealkylation sites (tertiary alicyclic amines) is 1. The fraction of sp³-hybridized carbons (Fsp3) is 0.500. The number of hydrogen-bond acceptors (Lipinski definition) is 3. The van der Waals surface area contributed by atoms with E-state index in [0.717, 1.165) is 24.3 Å². The maximum atomic E-state index is 12.4. The summed E-state index contributed by atoms with van der Waals surface area (Å²) in [6, 6.07) is 7.18. The maximum Gasteiger partial charge on any atom is 0.319 e. The van der Waals surface area contributed by atoms with E-state index in [1.165, 1.54) is 0 Å². The lowest BCUT2D eigenvalue weighted by Crippen LogP contribution is -2.47. The molecule has 0 aliphatic carbocycles. The van der Waals surface area contributed by atoms with E-state index in [-0.39, 0.29) is 17.9 Å². The van der Waals surface area contributed by atoms with Crippen LogP contribution in [0, 0.1) is 5.92 Å². The number of methoxy groups -OCH3 is 1. The van der Waals surface area contributed by atoms with Gasteiger partial charge in [0.1, 0.15) is 5.75 Å². The normalized spacial score (nSPS) is 17.8. The Morgan fingerprint density at radius 3 is 2.55 bits per heavy atom. The van der Waals surface area contributed by atoms with Crippen LogP contribution in [0.5, 0.6) is 5.75 Å². The highest BCUT2D eigenvalue weighted by Crippen LogP contribution is 2.21. The summed E-state index contributed by atoms with van der Waals surface area (Å²) in [6.45, 7) is 1.18. The number of piperidine rings is 1. The Hall–Kier alpha value is -2.24. The van der Waals surface area contributed by atoms with E-state index in [4.69, 9.17) is 4.74 Å².